The Labute approximate surface area is 87.4 Å². The zero-order valence-electron chi connectivity index (χ0n) is 1.62. The summed E-state index contributed by atoms with van der Waals surface area (Å²) in [6, 6.07) is 0. The van der Waals surface area contributed by atoms with Gasteiger partial charge in [0.05, 0.1) is 0 Å². The van der Waals surface area contributed by atoms with Gasteiger partial charge in [-0.25, -0.2) is 0 Å². The van der Waals surface area contributed by atoms with Gasteiger partial charge in [-0.05, 0) is 0 Å². The van der Waals surface area contributed by atoms with E-state index in [0.717, 1.165) is 20.4 Å². The van der Waals surface area contributed by atoms with Crippen molar-refractivity contribution in [3.8, 4) is 0 Å². The Bertz CT molecular complexity index is 11.6. The monoisotopic (exact) mass is 318 g/mol. The molecule has 0 saturated carbocycles. The van der Waals surface area contributed by atoms with Crippen LogP contribution in [-0.4, -0.2) is 45.6 Å². The Morgan fingerprint density at radius 3 is 1.20 bits per heavy atom. The van der Waals surface area contributed by atoms with Gasteiger partial charge >= 0.3 is 69.4 Å². The molecule has 0 saturated heterocycles. The summed E-state index contributed by atoms with van der Waals surface area (Å²) in [5, 5.41) is 0. The van der Waals surface area contributed by atoms with E-state index >= 15 is 0 Å². The summed E-state index contributed by atoms with van der Waals surface area (Å²) in [5.74, 6) is 0. The first-order chi connectivity index (χ1) is 1.00. The first-order valence-electron chi connectivity index (χ1n) is 0.204. The first-order valence-corrected chi connectivity index (χ1v) is 0.842. The largest absolute Gasteiger partial charge is 0 e. The molecule has 5 heavy (non-hydrogen) atoms. The zero-order chi connectivity index (χ0) is 2.00. The Kier molecular flexibility index (Phi) is 154. The maximum Gasteiger partial charge on any atom is 0 e. The minimum absolute atomic E-state index is 0. The fourth-order valence-electron chi connectivity index (χ4n) is 0. The average molecular weight is 320 g/mol. The third-order valence-electron chi connectivity index (χ3n) is 0. The fraction of sp³-hybridized carbons (Fsp3) is 0. The van der Waals surface area contributed by atoms with Gasteiger partial charge < -0.3 is 0 Å². The van der Waals surface area contributed by atoms with Crippen LogP contribution in [0, 0.1) is 0 Å². The molecule has 0 aromatic heterocycles. The van der Waals surface area contributed by atoms with Crippen LogP contribution in [0.2, 0.25) is 0 Å². The molecule has 0 aromatic carbocycles. The van der Waals surface area contributed by atoms with Crippen LogP contribution in [0.15, 0.2) is 0 Å². The second-order valence-electron chi connectivity index (χ2n) is 0. The summed E-state index contributed by atoms with van der Waals surface area (Å²) in [6.07, 6.45) is 0. The van der Waals surface area contributed by atoms with E-state index in [2.05, 4.69) is 0 Å². The predicted octanol–water partition coefficient (Wildman–Crippen LogP) is -2.49. The molecule has 0 rings (SSSR count). The molecule has 0 aliphatic rings. The predicted molar refractivity (Wildman–Crippen MR) is 20.6 cm³/mol. The standard InChI is InChI=1S/Ga.In.O.Ti.Zn.6H. The van der Waals surface area contributed by atoms with Crippen LogP contribution in [0.4, 0.5) is 0 Å². The van der Waals surface area contributed by atoms with Crippen molar-refractivity contribution in [3.05, 3.63) is 0 Å². The minimum Gasteiger partial charge on any atom is 0 e. The molecule has 0 radical (unpaired) electrons. The van der Waals surface area contributed by atoms with Crippen molar-refractivity contribution in [2.24, 2.45) is 0 Å². The van der Waals surface area contributed by atoms with Crippen LogP contribution in [0.25, 0.3) is 0 Å². The van der Waals surface area contributed by atoms with Gasteiger partial charge in [-0.2, -0.15) is 0 Å². The summed E-state index contributed by atoms with van der Waals surface area (Å²) in [7, 11) is 0. The van der Waals surface area contributed by atoms with Crippen LogP contribution >= 0.6 is 0 Å². The fourth-order valence-corrected chi connectivity index (χ4v) is 0. The van der Waals surface area contributed by atoms with E-state index in [-0.39, 0.29) is 65.1 Å². The van der Waals surface area contributed by atoms with Crippen molar-refractivity contribution in [1.29, 1.82) is 0 Å². The Morgan fingerprint density at radius 2 is 1.20 bits per heavy atom. The van der Waals surface area contributed by atoms with E-state index < -0.39 is 0 Å². The summed E-state index contributed by atoms with van der Waals surface area (Å²) >= 11 is 0.750. The third kappa shape index (κ3) is 20.5. The van der Waals surface area contributed by atoms with Gasteiger partial charge in [0.2, 0.25) is 0 Å². The Morgan fingerprint density at radius 1 is 1.20 bits per heavy atom. The molecule has 0 aromatic rings. The molecule has 0 fully saturated rings. The van der Waals surface area contributed by atoms with E-state index in [4.69, 9.17) is 3.32 Å². The minimum atomic E-state index is 0. The topological polar surface area (TPSA) is 17.1 Å². The molecular weight excluding hydrogens is 314 g/mol. The molecule has 0 atom stereocenters. The van der Waals surface area contributed by atoms with Crippen molar-refractivity contribution in [2.75, 3.05) is 0 Å². The number of hydrogen-bond donors (Lipinski definition) is 0. The Balaban J connectivity index is -0.00000000167. The van der Waals surface area contributed by atoms with E-state index in [1.165, 1.54) is 0 Å². The van der Waals surface area contributed by atoms with Crippen molar-refractivity contribution in [1.82, 2.24) is 0 Å². The Hall–Kier alpha value is 2.64. The van der Waals surface area contributed by atoms with Crippen molar-refractivity contribution in [2.45, 2.75) is 0 Å². The van der Waals surface area contributed by atoms with Crippen molar-refractivity contribution < 1.29 is 43.2 Å². The van der Waals surface area contributed by atoms with Crippen molar-refractivity contribution in [3.63, 3.8) is 0 Å². The number of rotatable bonds is 0. The van der Waals surface area contributed by atoms with E-state index in [9.17, 15) is 0 Å². The molecule has 1 nitrogen and oxygen atoms in total. The van der Waals surface area contributed by atoms with Crippen LogP contribution in [-0.2, 0) is 43.2 Å². The molecule has 0 N–H and O–H groups in total. The van der Waals surface area contributed by atoms with E-state index in [1.807, 2.05) is 0 Å². The van der Waals surface area contributed by atoms with Gasteiger partial charge in [0.25, 0.3) is 0 Å². The quantitative estimate of drug-likeness (QED) is 0.452. The summed E-state index contributed by atoms with van der Waals surface area (Å²) in [6.45, 7) is 0. The molecule has 0 spiro atoms. The normalized spacial score (nSPS) is 0.600. The second kappa shape index (κ2) is 30.3. The summed E-state index contributed by atoms with van der Waals surface area (Å²) in [4.78, 5) is 0. The van der Waals surface area contributed by atoms with Crippen LogP contribution < -0.4 is 0 Å². The van der Waals surface area contributed by atoms with E-state index in [0.29, 0.717) is 0 Å². The van der Waals surface area contributed by atoms with Gasteiger partial charge in [0.1, 0.15) is 0 Å². The van der Waals surface area contributed by atoms with Gasteiger partial charge in [0.15, 0.2) is 0 Å². The second-order valence-corrected chi connectivity index (χ2v) is 0. The molecule has 0 heterocycles. The van der Waals surface area contributed by atoms with Crippen LogP contribution in [0.5, 0.6) is 0 Å². The molecule has 0 amide bonds. The first kappa shape index (κ1) is 25.4. The molecule has 0 aliphatic carbocycles. The molecule has 0 aliphatic heterocycles. The van der Waals surface area contributed by atoms with Crippen LogP contribution in [0.3, 0.4) is 0 Å². The molecule has 0 bridgehead atoms. The number of hydrogen-bond acceptors (Lipinski definition) is 1. The SMILES string of the molecule is [GaH3].[InH3].[O]=[Ti].[Zn]. The van der Waals surface area contributed by atoms with Crippen molar-refractivity contribution >= 4 is 45.6 Å². The van der Waals surface area contributed by atoms with Gasteiger partial charge in [-0.1, -0.05) is 0 Å². The average Bonchev–Trinajstić information content (AvgIpc) is 1.00. The van der Waals surface area contributed by atoms with Gasteiger partial charge in [-0.15, -0.1) is 0 Å². The summed E-state index contributed by atoms with van der Waals surface area (Å²) < 4.78 is 8.25. The maximum absolute atomic E-state index is 8.25. The zero-order valence-corrected chi connectivity index (χ0v) is 6.14. The van der Waals surface area contributed by atoms with E-state index in [1.54, 1.807) is 0 Å². The smallest absolute Gasteiger partial charge is 0 e. The van der Waals surface area contributed by atoms with Gasteiger partial charge in [-0.3, -0.25) is 0 Å². The van der Waals surface area contributed by atoms with Crippen LogP contribution in [0.1, 0.15) is 0 Å². The summed E-state index contributed by atoms with van der Waals surface area (Å²) in [5.41, 5.74) is 0. The molecule has 5 heteroatoms. The molecule has 24 valence electrons. The molecular formula is H6GaInOTiZn. The molecule has 0 unspecified atom stereocenters. The van der Waals surface area contributed by atoms with Gasteiger partial charge in [0, 0.05) is 19.5 Å². The maximum atomic E-state index is 8.25. The third-order valence-corrected chi connectivity index (χ3v) is 0.